The van der Waals surface area contributed by atoms with Gasteiger partial charge in [0.05, 0.1) is 7.11 Å². The molecule has 4 rings (SSSR count). The number of hydrogen-bond acceptors (Lipinski definition) is 10. The lowest BCUT2D eigenvalue weighted by atomic mass is 10.1. The van der Waals surface area contributed by atoms with E-state index in [1.165, 1.54) is 51.7 Å². The zero-order chi connectivity index (χ0) is 29.6. The number of aliphatic carboxylic acids is 2. The van der Waals surface area contributed by atoms with E-state index in [2.05, 4.69) is 42.7 Å². The lowest BCUT2D eigenvalue weighted by Crippen LogP contribution is -2.35. The third kappa shape index (κ3) is 10.8. The number of likely N-dealkylation sites (tertiary alicyclic amines) is 1. The molecule has 13 heteroatoms. The molecule has 1 unspecified atom stereocenters. The summed E-state index contributed by atoms with van der Waals surface area (Å²) in [4.78, 5) is 35.4. The Labute approximate surface area is 239 Å². The number of benzene rings is 1. The number of nitrogens with one attached hydrogen (secondary N) is 3. The van der Waals surface area contributed by atoms with E-state index in [9.17, 15) is 14.0 Å². The zero-order valence-electron chi connectivity index (χ0n) is 23.6. The van der Waals surface area contributed by atoms with Gasteiger partial charge in [-0.3, -0.25) is 4.90 Å². The summed E-state index contributed by atoms with van der Waals surface area (Å²) < 4.78 is 19.2. The van der Waals surface area contributed by atoms with E-state index in [-0.39, 0.29) is 5.75 Å². The largest absolute Gasteiger partial charge is 0.494 e. The van der Waals surface area contributed by atoms with Crippen LogP contribution in [0.25, 0.3) is 0 Å². The number of rotatable bonds is 11. The number of anilines is 4. The minimum Gasteiger partial charge on any atom is -0.494 e. The van der Waals surface area contributed by atoms with Crippen molar-refractivity contribution in [2.45, 2.75) is 70.4 Å². The molecule has 1 aliphatic heterocycles. The number of carboxylic acids is 2. The van der Waals surface area contributed by atoms with E-state index in [4.69, 9.17) is 14.9 Å². The highest BCUT2D eigenvalue weighted by Crippen LogP contribution is 2.25. The molecule has 2 heterocycles. The highest BCUT2D eigenvalue weighted by atomic mass is 19.1. The maximum absolute atomic E-state index is 14.2. The van der Waals surface area contributed by atoms with Gasteiger partial charge in [-0.2, -0.15) is 15.0 Å². The molecule has 2 fully saturated rings. The molecule has 41 heavy (non-hydrogen) atoms. The van der Waals surface area contributed by atoms with Crippen LogP contribution in [0.1, 0.15) is 58.3 Å². The second-order valence-corrected chi connectivity index (χ2v) is 9.93. The number of hydrogen-bond donors (Lipinski definition) is 5. The van der Waals surface area contributed by atoms with E-state index >= 15 is 0 Å². The first-order valence-corrected chi connectivity index (χ1v) is 14.0. The minimum atomic E-state index is -1.26. The normalized spacial score (nSPS) is 17.8. The molecule has 12 nitrogen and oxygen atoms in total. The van der Waals surface area contributed by atoms with Crippen molar-refractivity contribution in [3.05, 3.63) is 36.2 Å². The summed E-state index contributed by atoms with van der Waals surface area (Å²) >= 11 is 0. The molecule has 0 spiro atoms. The first-order valence-electron chi connectivity index (χ1n) is 14.0. The molecule has 1 aromatic heterocycles. The third-order valence-electron chi connectivity index (χ3n) is 7.00. The van der Waals surface area contributed by atoms with Crippen LogP contribution in [-0.4, -0.2) is 80.8 Å². The quantitative estimate of drug-likeness (QED) is 0.189. The van der Waals surface area contributed by atoms with Gasteiger partial charge in [-0.25, -0.2) is 14.0 Å². The Morgan fingerprint density at radius 1 is 1.00 bits per heavy atom. The fourth-order valence-electron chi connectivity index (χ4n) is 4.95. The summed E-state index contributed by atoms with van der Waals surface area (Å²) in [5, 5.41) is 25.7. The van der Waals surface area contributed by atoms with Crippen LogP contribution in [0.15, 0.2) is 30.4 Å². The maximum Gasteiger partial charge on any atom is 0.328 e. The molecule has 1 saturated carbocycles. The number of ether oxygens (including phenoxy) is 1. The number of aromatic nitrogens is 3. The van der Waals surface area contributed by atoms with Gasteiger partial charge in [-0.15, -0.1) is 0 Å². The number of likely N-dealkylation sites (N-methyl/N-ethyl adjacent to an activating group) is 1. The molecule has 0 bridgehead atoms. The Morgan fingerprint density at radius 2 is 1.66 bits per heavy atom. The van der Waals surface area contributed by atoms with E-state index < -0.39 is 17.8 Å². The van der Waals surface area contributed by atoms with Gasteiger partial charge in [0.15, 0.2) is 11.6 Å². The summed E-state index contributed by atoms with van der Waals surface area (Å²) in [6.07, 6.45) is 10.8. The highest BCUT2D eigenvalue weighted by molar-refractivity contribution is 5.89. The molecule has 0 radical (unpaired) electrons. The summed E-state index contributed by atoms with van der Waals surface area (Å²) in [6, 6.07) is 5.56. The van der Waals surface area contributed by atoms with E-state index in [1.54, 1.807) is 12.1 Å². The van der Waals surface area contributed by atoms with Crippen molar-refractivity contribution in [3.63, 3.8) is 0 Å². The molecule has 1 saturated heterocycles. The van der Waals surface area contributed by atoms with Gasteiger partial charge in [0.25, 0.3) is 0 Å². The topological polar surface area (TPSA) is 162 Å². The van der Waals surface area contributed by atoms with Crippen LogP contribution in [0.2, 0.25) is 0 Å². The van der Waals surface area contributed by atoms with E-state index in [0.717, 1.165) is 32.5 Å². The van der Waals surface area contributed by atoms with Crippen molar-refractivity contribution >= 4 is 35.5 Å². The summed E-state index contributed by atoms with van der Waals surface area (Å²) in [5.41, 5.74) is 0.554. The Bertz CT molecular complexity index is 1160. The van der Waals surface area contributed by atoms with Crippen LogP contribution in [-0.2, 0) is 9.59 Å². The molecule has 1 aliphatic carbocycles. The molecular weight excluding hydrogens is 533 g/mol. The summed E-state index contributed by atoms with van der Waals surface area (Å²) in [7, 11) is 1.45. The van der Waals surface area contributed by atoms with Crippen molar-refractivity contribution < 1.29 is 28.9 Å². The number of carbonyl (C=O) groups is 2. The van der Waals surface area contributed by atoms with Crippen LogP contribution in [0.5, 0.6) is 5.75 Å². The molecule has 2 aromatic rings. The van der Waals surface area contributed by atoms with Gasteiger partial charge < -0.3 is 30.9 Å². The van der Waals surface area contributed by atoms with Crippen LogP contribution in [0.4, 0.5) is 27.9 Å². The predicted molar refractivity (Wildman–Crippen MR) is 154 cm³/mol. The second-order valence-electron chi connectivity index (χ2n) is 9.93. The van der Waals surface area contributed by atoms with Gasteiger partial charge in [-0.05, 0) is 50.9 Å². The number of carboxylic acid groups (broad SMARTS) is 2. The Kier molecular flexibility index (Phi) is 12.5. The Balaban J connectivity index is 0.000000507. The van der Waals surface area contributed by atoms with Crippen molar-refractivity contribution in [2.75, 3.05) is 42.7 Å². The Morgan fingerprint density at radius 3 is 2.27 bits per heavy atom. The van der Waals surface area contributed by atoms with Crippen LogP contribution < -0.4 is 20.7 Å². The Hall–Kier alpha value is -4.00. The molecule has 1 aromatic carbocycles. The standard InChI is InChI=1S/C24H36FN7O.C4H4O4/c1-3-32-14-8-11-19(32)16-26-22-29-23(27-17-9-6-4-5-7-10-17)31-24(30-22)28-18-12-13-21(33-2)20(25)15-18;5-3(6)1-2-4(7)8/h12-13,15,17,19H,3-11,14,16H2,1-2H3,(H3,26,27,28,29,30,31);1-2H,(H,5,6)(H,7,8). The first kappa shape index (κ1) is 31.5. The number of nitrogens with zero attached hydrogens (tertiary/aromatic N) is 4. The lowest BCUT2D eigenvalue weighted by molar-refractivity contribution is -0.134. The molecule has 5 N–H and O–H groups in total. The van der Waals surface area contributed by atoms with E-state index in [0.29, 0.717) is 47.8 Å². The second kappa shape index (κ2) is 16.3. The van der Waals surface area contributed by atoms with Crippen molar-refractivity contribution in [1.29, 1.82) is 0 Å². The predicted octanol–water partition coefficient (Wildman–Crippen LogP) is 4.51. The van der Waals surface area contributed by atoms with Crippen molar-refractivity contribution in [1.82, 2.24) is 19.9 Å². The van der Waals surface area contributed by atoms with Crippen molar-refractivity contribution in [3.8, 4) is 5.75 Å². The van der Waals surface area contributed by atoms with Gasteiger partial charge in [0.1, 0.15) is 0 Å². The van der Waals surface area contributed by atoms with E-state index in [1.807, 2.05) is 0 Å². The van der Waals surface area contributed by atoms with Crippen LogP contribution in [0, 0.1) is 5.82 Å². The van der Waals surface area contributed by atoms with Gasteiger partial charge in [-0.1, -0.05) is 32.6 Å². The molecule has 2 aliphatic rings. The molecule has 1 atom stereocenters. The first-order chi connectivity index (χ1) is 19.8. The van der Waals surface area contributed by atoms with Crippen LogP contribution in [0.3, 0.4) is 0 Å². The monoisotopic (exact) mass is 573 g/mol. The molecular formula is C28H40FN7O5. The molecule has 0 amide bonds. The average Bonchev–Trinajstić information content (AvgIpc) is 3.25. The van der Waals surface area contributed by atoms with Gasteiger partial charge >= 0.3 is 11.9 Å². The minimum absolute atomic E-state index is 0.200. The van der Waals surface area contributed by atoms with Crippen molar-refractivity contribution in [2.24, 2.45) is 0 Å². The average molecular weight is 574 g/mol. The molecule has 224 valence electrons. The fourth-order valence-corrected chi connectivity index (χ4v) is 4.95. The summed E-state index contributed by atoms with van der Waals surface area (Å²) in [6.45, 7) is 5.18. The SMILES string of the molecule is CCN1CCCC1CNc1nc(Nc2ccc(OC)c(F)c2)nc(NC2CCCCCC2)n1.O=C(O)C=CC(=O)O. The smallest absolute Gasteiger partial charge is 0.328 e. The van der Waals surface area contributed by atoms with Gasteiger partial charge in [0.2, 0.25) is 17.8 Å². The maximum atomic E-state index is 14.2. The van der Waals surface area contributed by atoms with Gasteiger partial charge in [0, 0.05) is 42.5 Å². The number of methoxy groups -OCH3 is 1. The third-order valence-corrected chi connectivity index (χ3v) is 7.00. The van der Waals surface area contributed by atoms with Crippen LogP contribution >= 0.6 is 0 Å². The summed E-state index contributed by atoms with van der Waals surface area (Å²) in [5.74, 6) is -1.29. The zero-order valence-corrected chi connectivity index (χ0v) is 23.6. The fraction of sp³-hybridized carbons (Fsp3) is 0.536. The lowest BCUT2D eigenvalue weighted by Gasteiger charge is -2.23. The highest BCUT2D eigenvalue weighted by Gasteiger charge is 2.23. The number of halogens is 1.